The van der Waals surface area contributed by atoms with Crippen LogP contribution in [0.5, 0.6) is 17.5 Å². The van der Waals surface area contributed by atoms with E-state index in [0.29, 0.717) is 0 Å². The van der Waals surface area contributed by atoms with Gasteiger partial charge in [0.25, 0.3) is 10.0 Å². The minimum atomic E-state index is -4.70. The van der Waals surface area contributed by atoms with Crippen molar-refractivity contribution in [2.45, 2.75) is 11.2 Å². The molecule has 2 rings (SSSR count). The molecule has 0 aliphatic rings. The third kappa shape index (κ3) is 7.47. The van der Waals surface area contributed by atoms with Crippen LogP contribution in [-0.4, -0.2) is 86.0 Å². The normalized spacial score (nSPS) is 11.1. The second-order valence-electron chi connectivity index (χ2n) is 5.05. The van der Waals surface area contributed by atoms with Crippen molar-refractivity contribution in [3.8, 4) is 17.5 Å². The van der Waals surface area contributed by atoms with Crippen molar-refractivity contribution in [3.05, 3.63) is 24.4 Å². The SMILES string of the molecule is COc1cc(OC)nc(NC(=O)NS(=O)(=O)c2ncccc2OCC(F)(F)F)n1.[NaH]. The molecule has 2 heterocycles. The number of ether oxygens (including phenoxy) is 3. The zero-order valence-corrected chi connectivity index (χ0v) is 15.7. The average molecular weight is 461 g/mol. The topological polar surface area (TPSA) is 142 Å². The predicted octanol–water partition coefficient (Wildman–Crippen LogP) is 0.692. The Balaban J connectivity index is 0.00000450. The number of hydrogen-bond acceptors (Lipinski definition) is 9. The van der Waals surface area contributed by atoms with E-state index in [2.05, 4.69) is 19.7 Å². The van der Waals surface area contributed by atoms with Gasteiger partial charge in [-0.2, -0.15) is 31.6 Å². The quantitative estimate of drug-likeness (QED) is 0.570. The first-order chi connectivity index (χ1) is 13.5. The van der Waals surface area contributed by atoms with E-state index < -0.39 is 39.6 Å². The molecule has 0 unspecified atom stereocenters. The second kappa shape index (κ2) is 10.6. The number of pyridine rings is 1. The van der Waals surface area contributed by atoms with Gasteiger partial charge < -0.3 is 14.2 Å². The third-order valence-electron chi connectivity index (χ3n) is 2.93. The first-order valence-electron chi connectivity index (χ1n) is 7.49. The number of methoxy groups -OCH3 is 2. The summed E-state index contributed by atoms with van der Waals surface area (Å²) >= 11 is 0. The van der Waals surface area contributed by atoms with Gasteiger partial charge in [-0.1, -0.05) is 0 Å². The van der Waals surface area contributed by atoms with Gasteiger partial charge in [0.1, 0.15) is 0 Å². The summed E-state index contributed by atoms with van der Waals surface area (Å²) in [7, 11) is -2.11. The number of carbonyl (C=O) groups is 1. The minimum absolute atomic E-state index is 0. The summed E-state index contributed by atoms with van der Waals surface area (Å²) in [5, 5.41) is 1.12. The van der Waals surface area contributed by atoms with Crippen LogP contribution in [0, 0.1) is 0 Å². The number of nitrogens with zero attached hydrogens (tertiary/aromatic N) is 3. The van der Waals surface area contributed by atoms with Crippen LogP contribution in [0.25, 0.3) is 0 Å². The average Bonchev–Trinajstić information content (AvgIpc) is 2.65. The Bertz CT molecular complexity index is 970. The predicted molar refractivity (Wildman–Crippen MR) is 97.4 cm³/mol. The molecular weight excluding hydrogens is 446 g/mol. The van der Waals surface area contributed by atoms with Gasteiger partial charge in [-0.05, 0) is 12.1 Å². The zero-order valence-electron chi connectivity index (χ0n) is 14.8. The molecule has 2 aromatic heterocycles. The van der Waals surface area contributed by atoms with Crippen molar-refractivity contribution in [2.75, 3.05) is 26.1 Å². The first kappa shape index (κ1) is 25.7. The molecule has 0 radical (unpaired) electrons. The van der Waals surface area contributed by atoms with E-state index in [1.54, 1.807) is 4.72 Å². The number of nitrogens with one attached hydrogen (secondary N) is 2. The molecule has 16 heteroatoms. The number of urea groups is 1. The van der Waals surface area contributed by atoms with E-state index in [1.165, 1.54) is 26.4 Å². The van der Waals surface area contributed by atoms with Crippen LogP contribution < -0.4 is 24.2 Å². The van der Waals surface area contributed by atoms with E-state index in [0.717, 1.165) is 12.3 Å². The summed E-state index contributed by atoms with van der Waals surface area (Å²) in [4.78, 5) is 23.0. The van der Waals surface area contributed by atoms with E-state index in [1.807, 2.05) is 5.32 Å². The molecule has 0 fully saturated rings. The van der Waals surface area contributed by atoms with E-state index in [9.17, 15) is 26.4 Å². The Morgan fingerprint density at radius 2 is 1.77 bits per heavy atom. The number of sulfonamides is 1. The molecule has 0 atom stereocenters. The molecule has 0 spiro atoms. The molecule has 2 amide bonds. The number of carbonyl (C=O) groups excluding carboxylic acids is 1. The monoisotopic (exact) mass is 461 g/mol. The summed E-state index contributed by atoms with van der Waals surface area (Å²) in [5.41, 5.74) is 0. The second-order valence-corrected chi connectivity index (χ2v) is 6.64. The van der Waals surface area contributed by atoms with Crippen molar-refractivity contribution in [1.29, 1.82) is 0 Å². The van der Waals surface area contributed by atoms with Gasteiger partial charge in [-0.3, -0.25) is 5.32 Å². The van der Waals surface area contributed by atoms with Crippen LogP contribution in [0.4, 0.5) is 23.9 Å². The summed E-state index contributed by atoms with van der Waals surface area (Å²) < 4.78 is 77.5. The Hall–Kier alpha value is -2.36. The number of amides is 2. The van der Waals surface area contributed by atoms with E-state index in [4.69, 9.17) is 9.47 Å². The van der Waals surface area contributed by atoms with Crippen molar-refractivity contribution in [3.63, 3.8) is 0 Å². The van der Waals surface area contributed by atoms with Crippen LogP contribution in [-0.2, 0) is 10.0 Å². The van der Waals surface area contributed by atoms with Gasteiger partial charge >= 0.3 is 41.8 Å². The molecule has 2 aromatic rings. The third-order valence-corrected chi connectivity index (χ3v) is 4.20. The maximum absolute atomic E-state index is 12.3. The molecule has 0 saturated carbocycles. The Kier molecular flexibility index (Phi) is 9.08. The molecule has 11 nitrogen and oxygen atoms in total. The number of alkyl halides is 3. The summed E-state index contributed by atoms with van der Waals surface area (Å²) in [6, 6.07) is 2.12. The summed E-state index contributed by atoms with van der Waals surface area (Å²) in [6.45, 7) is -1.75. The summed E-state index contributed by atoms with van der Waals surface area (Å²) in [5.74, 6) is -1.02. The molecule has 0 aromatic carbocycles. The number of rotatable bonds is 7. The number of halogens is 3. The molecular formula is C14H15F3N5NaO6S. The van der Waals surface area contributed by atoms with Crippen LogP contribution in [0.1, 0.15) is 0 Å². The molecule has 0 aliphatic carbocycles. The van der Waals surface area contributed by atoms with E-state index >= 15 is 0 Å². The Morgan fingerprint density at radius 3 is 2.30 bits per heavy atom. The molecule has 160 valence electrons. The Labute approximate surface area is 190 Å². The van der Waals surface area contributed by atoms with Gasteiger partial charge in [0.15, 0.2) is 12.4 Å². The van der Waals surface area contributed by atoms with Gasteiger partial charge in [0.2, 0.25) is 22.7 Å². The van der Waals surface area contributed by atoms with Gasteiger partial charge in [-0.15, -0.1) is 0 Å². The Morgan fingerprint density at radius 1 is 1.17 bits per heavy atom. The molecule has 0 aliphatic heterocycles. The standard InChI is InChI=1S/C14H14F3N5O6S.Na.H/c1-26-9-6-10(27-2)20-12(19-9)21-13(23)22-29(24,25)11-8(4-3-5-18-11)28-7-14(15,16)17;;/h3-6H,7H2,1-2H3,(H2,19,20,21,22,23);;. The molecule has 30 heavy (non-hydrogen) atoms. The number of anilines is 1. The first-order valence-corrected chi connectivity index (χ1v) is 8.98. The van der Waals surface area contributed by atoms with Crippen LogP contribution in [0.2, 0.25) is 0 Å². The van der Waals surface area contributed by atoms with Crippen LogP contribution in [0.15, 0.2) is 29.4 Å². The van der Waals surface area contributed by atoms with Crippen molar-refractivity contribution >= 4 is 51.6 Å². The fraction of sp³-hybridized carbons (Fsp3) is 0.286. The van der Waals surface area contributed by atoms with Crippen LogP contribution >= 0.6 is 0 Å². The number of aromatic nitrogens is 3. The van der Waals surface area contributed by atoms with Gasteiger partial charge in [-0.25, -0.2) is 14.5 Å². The molecule has 2 N–H and O–H groups in total. The van der Waals surface area contributed by atoms with Crippen LogP contribution in [0.3, 0.4) is 0 Å². The fourth-order valence-electron chi connectivity index (χ4n) is 1.81. The van der Waals surface area contributed by atoms with Gasteiger partial charge in [0, 0.05) is 6.20 Å². The summed E-state index contributed by atoms with van der Waals surface area (Å²) in [6.07, 6.45) is -3.70. The number of hydrogen-bond donors (Lipinski definition) is 2. The molecule has 0 bridgehead atoms. The molecule has 0 saturated heterocycles. The van der Waals surface area contributed by atoms with Crippen molar-refractivity contribution in [1.82, 2.24) is 19.7 Å². The van der Waals surface area contributed by atoms with Gasteiger partial charge in [0.05, 0.1) is 20.3 Å². The maximum atomic E-state index is 12.3. The van der Waals surface area contributed by atoms with E-state index in [-0.39, 0.29) is 47.3 Å². The fourth-order valence-corrected chi connectivity index (χ4v) is 2.80. The zero-order chi connectivity index (χ0) is 21.7. The van der Waals surface area contributed by atoms with Crippen molar-refractivity contribution in [2.24, 2.45) is 0 Å². The van der Waals surface area contributed by atoms with Crippen molar-refractivity contribution < 1.29 is 40.6 Å².